The highest BCUT2D eigenvalue weighted by atomic mass is 15.3. The number of nitrogens with zero attached hydrogens (tertiary/aromatic N) is 2. The van der Waals surface area contributed by atoms with Crippen molar-refractivity contribution in [2.75, 3.05) is 6.54 Å². The minimum atomic E-state index is 0.331. The van der Waals surface area contributed by atoms with Crippen LogP contribution in [0.4, 0.5) is 0 Å². The third kappa shape index (κ3) is 1.37. The van der Waals surface area contributed by atoms with Crippen LogP contribution in [-0.2, 0) is 0 Å². The molecule has 2 N–H and O–H groups in total. The number of rotatable bonds is 3. The van der Waals surface area contributed by atoms with Crippen LogP contribution in [0, 0.1) is 0 Å². The van der Waals surface area contributed by atoms with E-state index in [0.29, 0.717) is 12.6 Å². The quantitative estimate of drug-likeness (QED) is 0.733. The highest BCUT2D eigenvalue weighted by molar-refractivity contribution is 5.12. The van der Waals surface area contributed by atoms with Crippen molar-refractivity contribution in [3.05, 3.63) is 18.0 Å². The Kier molecular flexibility index (Phi) is 1.89. The molecule has 1 aromatic rings. The summed E-state index contributed by atoms with van der Waals surface area (Å²) in [7, 11) is 0. The van der Waals surface area contributed by atoms with Crippen molar-refractivity contribution in [1.29, 1.82) is 0 Å². The maximum atomic E-state index is 5.54. The fraction of sp³-hybridized carbons (Fsp3) is 0.667. The lowest BCUT2D eigenvalue weighted by molar-refractivity contribution is 0.496. The summed E-state index contributed by atoms with van der Waals surface area (Å²) in [5.41, 5.74) is 6.79. The molecule has 1 unspecified atom stereocenters. The summed E-state index contributed by atoms with van der Waals surface area (Å²) in [6, 6.07) is 2.45. The highest BCUT2D eigenvalue weighted by Gasteiger charge is 2.25. The van der Waals surface area contributed by atoms with Gasteiger partial charge in [0.15, 0.2) is 0 Å². The van der Waals surface area contributed by atoms with Gasteiger partial charge in [0.1, 0.15) is 0 Å². The van der Waals surface area contributed by atoms with E-state index in [0.717, 1.165) is 5.92 Å². The van der Waals surface area contributed by atoms with Gasteiger partial charge in [0.25, 0.3) is 0 Å². The molecule has 0 saturated heterocycles. The zero-order chi connectivity index (χ0) is 8.55. The molecule has 1 aliphatic rings. The fourth-order valence-electron chi connectivity index (χ4n) is 1.30. The van der Waals surface area contributed by atoms with Gasteiger partial charge >= 0.3 is 0 Å². The average Bonchev–Trinajstić information content (AvgIpc) is 2.83. The van der Waals surface area contributed by atoms with E-state index in [9.17, 15) is 0 Å². The van der Waals surface area contributed by atoms with E-state index in [1.807, 2.05) is 10.9 Å². The molecule has 0 bridgehead atoms. The van der Waals surface area contributed by atoms with E-state index < -0.39 is 0 Å². The van der Waals surface area contributed by atoms with Gasteiger partial charge in [0.05, 0.1) is 11.7 Å². The van der Waals surface area contributed by atoms with E-state index in [-0.39, 0.29) is 0 Å². The molecular weight excluding hydrogens is 150 g/mol. The second-order valence-electron chi connectivity index (χ2n) is 3.58. The van der Waals surface area contributed by atoms with E-state index in [4.69, 9.17) is 5.73 Å². The molecule has 0 aromatic carbocycles. The van der Waals surface area contributed by atoms with Crippen LogP contribution in [0.1, 0.15) is 37.4 Å². The van der Waals surface area contributed by atoms with Crippen LogP contribution in [0.5, 0.6) is 0 Å². The number of hydrogen-bond donors (Lipinski definition) is 1. The lowest BCUT2D eigenvalue weighted by Gasteiger charge is -2.07. The Morgan fingerprint density at radius 3 is 3.08 bits per heavy atom. The van der Waals surface area contributed by atoms with Crippen LogP contribution in [0.15, 0.2) is 12.3 Å². The first-order valence-corrected chi connectivity index (χ1v) is 4.56. The van der Waals surface area contributed by atoms with Crippen molar-refractivity contribution >= 4 is 0 Å². The minimum absolute atomic E-state index is 0.331. The summed E-state index contributed by atoms with van der Waals surface area (Å²) < 4.78 is 1.97. The molecule has 12 heavy (non-hydrogen) atoms. The van der Waals surface area contributed by atoms with Gasteiger partial charge in [-0.1, -0.05) is 0 Å². The Balaban J connectivity index is 2.12. The molecule has 1 saturated carbocycles. The monoisotopic (exact) mass is 165 g/mol. The van der Waals surface area contributed by atoms with Crippen LogP contribution in [0.3, 0.4) is 0 Å². The molecule has 66 valence electrons. The van der Waals surface area contributed by atoms with Crippen molar-refractivity contribution in [3.63, 3.8) is 0 Å². The maximum Gasteiger partial charge on any atom is 0.0655 e. The van der Waals surface area contributed by atoms with Crippen LogP contribution in [-0.4, -0.2) is 16.3 Å². The molecule has 0 aliphatic heterocycles. The van der Waals surface area contributed by atoms with Crippen LogP contribution in [0.25, 0.3) is 0 Å². The molecule has 3 nitrogen and oxygen atoms in total. The Labute approximate surface area is 72.6 Å². The summed E-state index contributed by atoms with van der Waals surface area (Å²) in [5.74, 6) is 0.747. The van der Waals surface area contributed by atoms with Crippen LogP contribution >= 0.6 is 0 Å². The van der Waals surface area contributed by atoms with Gasteiger partial charge < -0.3 is 5.73 Å². The standard InChI is InChI=1S/C9H15N3/c1-7(6-10)12-5-4-9(11-12)8-2-3-8/h4-5,7-8H,2-3,6,10H2,1H3. The lowest BCUT2D eigenvalue weighted by atomic mass is 10.3. The summed E-state index contributed by atoms with van der Waals surface area (Å²) in [4.78, 5) is 0. The van der Waals surface area contributed by atoms with Gasteiger partial charge in [-0.25, -0.2) is 0 Å². The average molecular weight is 165 g/mol. The molecule has 1 atom stereocenters. The topological polar surface area (TPSA) is 43.8 Å². The van der Waals surface area contributed by atoms with E-state index in [1.165, 1.54) is 18.5 Å². The van der Waals surface area contributed by atoms with E-state index in [1.54, 1.807) is 0 Å². The molecule has 1 heterocycles. The Morgan fingerprint density at radius 1 is 1.75 bits per heavy atom. The van der Waals surface area contributed by atoms with Crippen molar-refractivity contribution in [1.82, 2.24) is 9.78 Å². The summed E-state index contributed by atoms with van der Waals surface area (Å²) in [5, 5.41) is 4.48. The largest absolute Gasteiger partial charge is 0.328 e. The molecule has 1 fully saturated rings. The van der Waals surface area contributed by atoms with Crippen molar-refractivity contribution in [2.45, 2.75) is 31.7 Å². The number of aromatic nitrogens is 2. The predicted octanol–water partition coefficient (Wildman–Crippen LogP) is 1.28. The molecule has 0 spiro atoms. The SMILES string of the molecule is CC(CN)n1ccc(C2CC2)n1. The molecule has 1 aliphatic carbocycles. The third-order valence-corrected chi connectivity index (χ3v) is 2.42. The minimum Gasteiger partial charge on any atom is -0.328 e. The van der Waals surface area contributed by atoms with Gasteiger partial charge in [0.2, 0.25) is 0 Å². The summed E-state index contributed by atoms with van der Waals surface area (Å²) >= 11 is 0. The molecule has 1 aromatic heterocycles. The molecular formula is C9H15N3. The van der Waals surface area contributed by atoms with E-state index in [2.05, 4.69) is 18.1 Å². The third-order valence-electron chi connectivity index (χ3n) is 2.42. The number of nitrogens with two attached hydrogens (primary N) is 1. The van der Waals surface area contributed by atoms with Crippen molar-refractivity contribution in [2.24, 2.45) is 5.73 Å². The van der Waals surface area contributed by atoms with E-state index >= 15 is 0 Å². The fourth-order valence-corrected chi connectivity index (χ4v) is 1.30. The first kappa shape index (κ1) is 7.80. The smallest absolute Gasteiger partial charge is 0.0655 e. The molecule has 0 amide bonds. The van der Waals surface area contributed by atoms with Gasteiger partial charge in [-0.05, 0) is 25.8 Å². The number of hydrogen-bond acceptors (Lipinski definition) is 2. The van der Waals surface area contributed by atoms with Gasteiger partial charge in [-0.3, -0.25) is 4.68 Å². The Bertz CT molecular complexity index is 262. The van der Waals surface area contributed by atoms with Gasteiger partial charge in [-0.15, -0.1) is 0 Å². The second-order valence-corrected chi connectivity index (χ2v) is 3.58. The summed E-state index contributed by atoms with van der Waals surface area (Å²) in [6.45, 7) is 2.75. The Morgan fingerprint density at radius 2 is 2.50 bits per heavy atom. The highest BCUT2D eigenvalue weighted by Crippen LogP contribution is 2.38. The second kappa shape index (κ2) is 2.90. The predicted molar refractivity (Wildman–Crippen MR) is 48.0 cm³/mol. The lowest BCUT2D eigenvalue weighted by Crippen LogP contribution is -2.16. The van der Waals surface area contributed by atoms with Gasteiger partial charge in [0, 0.05) is 18.7 Å². The van der Waals surface area contributed by atoms with Crippen LogP contribution < -0.4 is 5.73 Å². The van der Waals surface area contributed by atoms with Crippen molar-refractivity contribution < 1.29 is 0 Å². The molecule has 3 heteroatoms. The zero-order valence-electron chi connectivity index (χ0n) is 7.40. The normalized spacial score (nSPS) is 19.5. The maximum absolute atomic E-state index is 5.54. The zero-order valence-corrected chi connectivity index (χ0v) is 7.40. The molecule has 2 rings (SSSR count). The van der Waals surface area contributed by atoms with Gasteiger partial charge in [-0.2, -0.15) is 5.10 Å². The Hall–Kier alpha value is -0.830. The van der Waals surface area contributed by atoms with Crippen molar-refractivity contribution in [3.8, 4) is 0 Å². The summed E-state index contributed by atoms with van der Waals surface area (Å²) in [6.07, 6.45) is 4.66. The first-order chi connectivity index (χ1) is 5.81. The van der Waals surface area contributed by atoms with Crippen LogP contribution in [0.2, 0.25) is 0 Å². The molecule has 0 radical (unpaired) electrons. The first-order valence-electron chi connectivity index (χ1n) is 4.56.